The summed E-state index contributed by atoms with van der Waals surface area (Å²) in [6.45, 7) is 0. The van der Waals surface area contributed by atoms with Crippen LogP contribution in [-0.4, -0.2) is 6.18 Å². The smallest absolute Gasteiger partial charge is 0.191 e. The van der Waals surface area contributed by atoms with Crippen molar-refractivity contribution in [1.29, 1.82) is 0 Å². The van der Waals surface area contributed by atoms with Crippen molar-refractivity contribution in [3.63, 3.8) is 0 Å². The lowest BCUT2D eigenvalue weighted by atomic mass is 10.00. The molecule has 2 rings (SSSR count). The summed E-state index contributed by atoms with van der Waals surface area (Å²) in [5.41, 5.74) is -0.972. The van der Waals surface area contributed by atoms with Crippen molar-refractivity contribution in [2.24, 2.45) is 0 Å². The van der Waals surface area contributed by atoms with Gasteiger partial charge >= 0.3 is 12.1 Å². The second-order valence-corrected chi connectivity index (χ2v) is 5.95. The molecule has 0 saturated heterocycles. The molecule has 117 valence electrons. The molecule has 0 nitrogen and oxygen atoms in total. The molecule has 0 unspecified atom stereocenters. The van der Waals surface area contributed by atoms with E-state index in [-0.39, 0.29) is 25.6 Å². The molecule has 0 bridgehead atoms. The predicted molar refractivity (Wildman–Crippen MR) is 78.4 cm³/mol. The van der Waals surface area contributed by atoms with E-state index in [0.717, 1.165) is 0 Å². The Morgan fingerprint density at radius 3 is 2.18 bits per heavy atom. The highest BCUT2D eigenvalue weighted by Crippen LogP contribution is 2.46. The van der Waals surface area contributed by atoms with E-state index in [9.17, 15) is 22.0 Å². The summed E-state index contributed by atoms with van der Waals surface area (Å²) in [4.78, 5) is 0. The molecule has 0 fully saturated rings. The van der Waals surface area contributed by atoms with Crippen molar-refractivity contribution in [2.75, 3.05) is 0 Å². The molecule has 0 aromatic heterocycles. The maximum Gasteiger partial charge on any atom is 0.458 e. The standard InChI is InChI=1S/C14H5BrCl2F5/c15-11-3-1-7(13(18,19)14(20,21)22)5-9(11)10-6-8(16)2-4-12(10)17/h1-2,4-6H. The van der Waals surface area contributed by atoms with Gasteiger partial charge in [-0.25, -0.2) is 0 Å². The molecule has 0 aliphatic rings. The van der Waals surface area contributed by atoms with Gasteiger partial charge in [0.15, 0.2) is 0 Å². The largest absolute Gasteiger partial charge is 0.458 e. The van der Waals surface area contributed by atoms with Crippen molar-refractivity contribution >= 4 is 39.1 Å². The predicted octanol–water partition coefficient (Wildman–Crippen LogP) is 6.88. The first-order chi connectivity index (χ1) is 10.0. The molecule has 2 aromatic carbocycles. The average molecular weight is 419 g/mol. The summed E-state index contributed by atoms with van der Waals surface area (Å²) < 4.78 is 64.5. The molecule has 0 heterocycles. The molecule has 0 atom stereocenters. The van der Waals surface area contributed by atoms with Gasteiger partial charge in [-0.1, -0.05) is 23.2 Å². The SMILES string of the molecule is FC(F)(F)C(F)(F)c1c[c]c(Br)c(-c2cc(Cl)ccc2Cl)c1. The van der Waals surface area contributed by atoms with E-state index in [1.807, 2.05) is 0 Å². The molecule has 0 spiro atoms. The van der Waals surface area contributed by atoms with Crippen LogP contribution < -0.4 is 0 Å². The Bertz CT molecular complexity index is 713. The molecule has 0 N–H and O–H groups in total. The van der Waals surface area contributed by atoms with Gasteiger partial charge in [-0.05, 0) is 57.9 Å². The van der Waals surface area contributed by atoms with Crippen LogP contribution in [0.1, 0.15) is 5.56 Å². The lowest BCUT2D eigenvalue weighted by Gasteiger charge is -2.21. The summed E-state index contributed by atoms with van der Waals surface area (Å²) in [7, 11) is 0. The highest BCUT2D eigenvalue weighted by Gasteiger charge is 2.58. The minimum atomic E-state index is -5.70. The second-order valence-electron chi connectivity index (χ2n) is 4.31. The number of alkyl halides is 5. The number of rotatable bonds is 2. The van der Waals surface area contributed by atoms with Crippen LogP contribution in [0.5, 0.6) is 0 Å². The average Bonchev–Trinajstić information content (AvgIpc) is 2.41. The number of hydrogen-bond donors (Lipinski definition) is 0. The Labute approximate surface area is 141 Å². The number of halogens is 8. The quantitative estimate of drug-likeness (QED) is 0.466. The van der Waals surface area contributed by atoms with Gasteiger partial charge in [0.25, 0.3) is 0 Å². The van der Waals surface area contributed by atoms with E-state index in [2.05, 4.69) is 22.0 Å². The summed E-state index contributed by atoms with van der Waals surface area (Å²) >= 11 is 14.8. The maximum atomic E-state index is 13.5. The van der Waals surface area contributed by atoms with Gasteiger partial charge in [0, 0.05) is 25.6 Å². The van der Waals surface area contributed by atoms with Gasteiger partial charge in [0.05, 0.1) is 0 Å². The monoisotopic (exact) mass is 417 g/mol. The molecular formula is C14H5BrCl2F5. The van der Waals surface area contributed by atoms with E-state index in [1.54, 1.807) is 0 Å². The second kappa shape index (κ2) is 5.98. The van der Waals surface area contributed by atoms with Crippen LogP contribution in [0, 0.1) is 6.07 Å². The van der Waals surface area contributed by atoms with Gasteiger partial charge in [0.2, 0.25) is 0 Å². The van der Waals surface area contributed by atoms with E-state index >= 15 is 0 Å². The Morgan fingerprint density at radius 1 is 0.955 bits per heavy atom. The van der Waals surface area contributed by atoms with Crippen molar-refractivity contribution < 1.29 is 22.0 Å². The van der Waals surface area contributed by atoms with Crippen molar-refractivity contribution in [2.45, 2.75) is 12.1 Å². The Balaban J connectivity index is 2.64. The van der Waals surface area contributed by atoms with Crippen molar-refractivity contribution in [3.05, 3.63) is 56.5 Å². The molecule has 22 heavy (non-hydrogen) atoms. The van der Waals surface area contributed by atoms with Crippen LogP contribution in [0.3, 0.4) is 0 Å². The summed E-state index contributed by atoms with van der Waals surface area (Å²) in [6, 6.07) is 7.88. The summed E-state index contributed by atoms with van der Waals surface area (Å²) in [5.74, 6) is -5.00. The minimum absolute atomic E-state index is 0.0360. The topological polar surface area (TPSA) is 0 Å². The zero-order chi connectivity index (χ0) is 16.7. The van der Waals surface area contributed by atoms with Gasteiger partial charge in [-0.15, -0.1) is 0 Å². The molecule has 8 heteroatoms. The number of benzene rings is 2. The van der Waals surface area contributed by atoms with E-state index < -0.39 is 17.7 Å². The Kier molecular flexibility index (Phi) is 4.76. The molecule has 0 amide bonds. The third-order valence-corrected chi connectivity index (χ3v) is 4.05. The van der Waals surface area contributed by atoms with Gasteiger partial charge in [-0.2, -0.15) is 22.0 Å². The van der Waals surface area contributed by atoms with E-state index in [1.165, 1.54) is 18.2 Å². The van der Waals surface area contributed by atoms with Crippen LogP contribution in [-0.2, 0) is 5.92 Å². The van der Waals surface area contributed by atoms with Crippen LogP contribution >= 0.6 is 39.1 Å². The third kappa shape index (κ3) is 3.24. The third-order valence-electron chi connectivity index (χ3n) is 2.83. The fourth-order valence-corrected chi connectivity index (χ4v) is 2.56. The van der Waals surface area contributed by atoms with E-state index in [4.69, 9.17) is 23.2 Å². The normalized spacial score (nSPS) is 12.5. The summed E-state index contributed by atoms with van der Waals surface area (Å²) in [5, 5.41) is 0.422. The fourth-order valence-electron chi connectivity index (χ4n) is 1.72. The van der Waals surface area contributed by atoms with Crippen LogP contribution in [0.25, 0.3) is 11.1 Å². The van der Waals surface area contributed by atoms with Crippen molar-refractivity contribution in [3.8, 4) is 11.1 Å². The highest BCUT2D eigenvalue weighted by molar-refractivity contribution is 9.10. The van der Waals surface area contributed by atoms with Gasteiger partial charge < -0.3 is 0 Å². The first-order valence-electron chi connectivity index (χ1n) is 5.65. The van der Waals surface area contributed by atoms with Crippen LogP contribution in [0.2, 0.25) is 10.0 Å². The molecule has 0 aliphatic carbocycles. The molecular weight excluding hydrogens is 414 g/mol. The summed E-state index contributed by atoms with van der Waals surface area (Å²) in [6.07, 6.45) is -5.70. The molecule has 0 saturated carbocycles. The van der Waals surface area contributed by atoms with Crippen molar-refractivity contribution in [1.82, 2.24) is 0 Å². The zero-order valence-electron chi connectivity index (χ0n) is 10.4. The van der Waals surface area contributed by atoms with Gasteiger partial charge in [-0.3, -0.25) is 0 Å². The zero-order valence-corrected chi connectivity index (χ0v) is 13.5. The number of hydrogen-bond acceptors (Lipinski definition) is 0. The molecule has 2 aromatic rings. The van der Waals surface area contributed by atoms with Crippen LogP contribution in [0.4, 0.5) is 22.0 Å². The maximum absolute atomic E-state index is 13.5. The molecule has 0 aliphatic heterocycles. The lowest BCUT2D eigenvalue weighted by Crippen LogP contribution is -2.33. The van der Waals surface area contributed by atoms with Gasteiger partial charge in [0.1, 0.15) is 0 Å². The van der Waals surface area contributed by atoms with E-state index in [0.29, 0.717) is 12.1 Å². The fraction of sp³-hybridized carbons (Fsp3) is 0.143. The Morgan fingerprint density at radius 2 is 1.59 bits per heavy atom. The first-order valence-corrected chi connectivity index (χ1v) is 7.20. The van der Waals surface area contributed by atoms with Crippen LogP contribution in [0.15, 0.2) is 34.8 Å². The Hall–Kier alpha value is -0.850. The first kappa shape index (κ1) is 17.5. The molecule has 1 radical (unpaired) electrons. The minimum Gasteiger partial charge on any atom is -0.191 e. The highest BCUT2D eigenvalue weighted by atomic mass is 79.9. The lowest BCUT2D eigenvalue weighted by molar-refractivity contribution is -0.289.